The van der Waals surface area contributed by atoms with E-state index < -0.39 is 0 Å². The molecule has 1 aromatic carbocycles. The maximum absolute atomic E-state index is 6.02. The molecule has 3 heteroatoms. The number of nitrogens with two attached hydrogens (primary N) is 1. The average Bonchev–Trinajstić information content (AvgIpc) is 2.03. The standard InChI is InChI=1S/C9H11BrClN/c1-6(5-12)8-3-2-7(10)4-9(8)11/h2-4,6H,5,12H2,1H3. The van der Waals surface area contributed by atoms with Gasteiger partial charge in [-0.3, -0.25) is 0 Å². The van der Waals surface area contributed by atoms with Crippen LogP contribution < -0.4 is 5.73 Å². The van der Waals surface area contributed by atoms with Crippen molar-refractivity contribution in [2.45, 2.75) is 12.8 Å². The molecule has 2 N–H and O–H groups in total. The highest BCUT2D eigenvalue weighted by atomic mass is 79.9. The van der Waals surface area contributed by atoms with E-state index in [2.05, 4.69) is 22.9 Å². The zero-order valence-electron chi connectivity index (χ0n) is 6.85. The summed E-state index contributed by atoms with van der Waals surface area (Å²) in [7, 11) is 0. The van der Waals surface area contributed by atoms with Gasteiger partial charge in [0, 0.05) is 9.50 Å². The summed E-state index contributed by atoms with van der Waals surface area (Å²) in [6, 6.07) is 5.88. The molecule has 0 aromatic heterocycles. The molecule has 0 amide bonds. The van der Waals surface area contributed by atoms with Crippen molar-refractivity contribution in [1.29, 1.82) is 0 Å². The fraction of sp³-hybridized carbons (Fsp3) is 0.333. The number of halogens is 2. The fourth-order valence-electron chi connectivity index (χ4n) is 1.03. The van der Waals surface area contributed by atoms with E-state index in [-0.39, 0.29) is 0 Å². The molecule has 1 atom stereocenters. The lowest BCUT2D eigenvalue weighted by Gasteiger charge is -2.10. The molecule has 66 valence electrons. The molecule has 0 saturated heterocycles. The first kappa shape index (κ1) is 10.0. The Morgan fingerprint density at radius 1 is 1.58 bits per heavy atom. The van der Waals surface area contributed by atoms with Gasteiger partial charge in [0.2, 0.25) is 0 Å². The normalized spacial score (nSPS) is 13.0. The molecule has 0 radical (unpaired) electrons. The molecule has 0 heterocycles. The van der Waals surface area contributed by atoms with Crippen LogP contribution in [-0.4, -0.2) is 6.54 Å². The van der Waals surface area contributed by atoms with Gasteiger partial charge < -0.3 is 5.73 Å². The zero-order valence-corrected chi connectivity index (χ0v) is 9.19. The summed E-state index contributed by atoms with van der Waals surface area (Å²) in [6.07, 6.45) is 0. The summed E-state index contributed by atoms with van der Waals surface area (Å²) >= 11 is 9.37. The lowest BCUT2D eigenvalue weighted by Crippen LogP contribution is -2.09. The Balaban J connectivity index is 3.01. The Morgan fingerprint density at radius 2 is 2.25 bits per heavy atom. The Kier molecular flexibility index (Phi) is 3.56. The van der Waals surface area contributed by atoms with Crippen LogP contribution >= 0.6 is 27.5 Å². The van der Waals surface area contributed by atoms with Crippen molar-refractivity contribution in [3.05, 3.63) is 33.3 Å². The Hall–Kier alpha value is -0.0500. The molecule has 0 saturated carbocycles. The third-order valence-electron chi connectivity index (χ3n) is 1.85. The number of rotatable bonds is 2. The molecule has 0 aliphatic heterocycles. The summed E-state index contributed by atoms with van der Waals surface area (Å²) in [6.45, 7) is 2.69. The average molecular weight is 249 g/mol. The maximum Gasteiger partial charge on any atom is 0.0452 e. The molecule has 1 nitrogen and oxygen atoms in total. The van der Waals surface area contributed by atoms with Gasteiger partial charge in [0.25, 0.3) is 0 Å². The molecule has 0 aliphatic carbocycles. The predicted molar refractivity (Wildman–Crippen MR) is 56.6 cm³/mol. The van der Waals surface area contributed by atoms with E-state index in [1.54, 1.807) is 0 Å². The highest BCUT2D eigenvalue weighted by molar-refractivity contribution is 9.10. The topological polar surface area (TPSA) is 26.0 Å². The van der Waals surface area contributed by atoms with E-state index in [9.17, 15) is 0 Å². The molecule has 0 spiro atoms. The second-order valence-electron chi connectivity index (χ2n) is 2.80. The summed E-state index contributed by atoms with van der Waals surface area (Å²) in [5.41, 5.74) is 6.65. The molecular formula is C9H11BrClN. The van der Waals surface area contributed by atoms with Crippen molar-refractivity contribution in [3.8, 4) is 0 Å². The van der Waals surface area contributed by atoms with Gasteiger partial charge in [0.05, 0.1) is 0 Å². The minimum absolute atomic E-state index is 0.325. The smallest absolute Gasteiger partial charge is 0.0452 e. The molecule has 1 unspecified atom stereocenters. The van der Waals surface area contributed by atoms with Gasteiger partial charge in [-0.2, -0.15) is 0 Å². The van der Waals surface area contributed by atoms with Crippen molar-refractivity contribution in [1.82, 2.24) is 0 Å². The molecule has 1 aromatic rings. The molecule has 0 fully saturated rings. The van der Waals surface area contributed by atoms with Crippen LogP contribution in [0.1, 0.15) is 18.4 Å². The Bertz CT molecular complexity index is 275. The minimum atomic E-state index is 0.325. The highest BCUT2D eigenvalue weighted by Gasteiger charge is 2.07. The summed E-state index contributed by atoms with van der Waals surface area (Å²) < 4.78 is 1.00. The number of benzene rings is 1. The van der Waals surface area contributed by atoms with Crippen molar-refractivity contribution in [2.24, 2.45) is 5.73 Å². The van der Waals surface area contributed by atoms with Crippen LogP contribution in [-0.2, 0) is 0 Å². The van der Waals surface area contributed by atoms with E-state index in [0.717, 1.165) is 15.1 Å². The zero-order chi connectivity index (χ0) is 9.14. The van der Waals surface area contributed by atoms with Gasteiger partial charge >= 0.3 is 0 Å². The van der Waals surface area contributed by atoms with Crippen LogP contribution in [0.25, 0.3) is 0 Å². The quantitative estimate of drug-likeness (QED) is 0.855. The largest absolute Gasteiger partial charge is 0.330 e. The number of hydrogen-bond donors (Lipinski definition) is 1. The molecule has 0 bridgehead atoms. The van der Waals surface area contributed by atoms with Crippen molar-refractivity contribution in [3.63, 3.8) is 0 Å². The second kappa shape index (κ2) is 4.26. The molecule has 12 heavy (non-hydrogen) atoms. The molecular weight excluding hydrogens is 237 g/mol. The SMILES string of the molecule is CC(CN)c1ccc(Br)cc1Cl. The van der Waals surface area contributed by atoms with Crippen LogP contribution in [0.2, 0.25) is 5.02 Å². The van der Waals surface area contributed by atoms with Crippen molar-refractivity contribution < 1.29 is 0 Å². The first-order chi connectivity index (χ1) is 5.65. The van der Waals surface area contributed by atoms with Gasteiger partial charge in [-0.05, 0) is 30.2 Å². The van der Waals surface area contributed by atoms with E-state index in [0.29, 0.717) is 12.5 Å². The van der Waals surface area contributed by atoms with E-state index in [1.807, 2.05) is 18.2 Å². The third-order valence-corrected chi connectivity index (χ3v) is 2.67. The van der Waals surface area contributed by atoms with Crippen LogP contribution in [0.4, 0.5) is 0 Å². The van der Waals surface area contributed by atoms with Crippen molar-refractivity contribution >= 4 is 27.5 Å². The summed E-state index contributed by atoms with van der Waals surface area (Å²) in [5.74, 6) is 0.325. The van der Waals surface area contributed by atoms with E-state index >= 15 is 0 Å². The molecule has 1 rings (SSSR count). The van der Waals surface area contributed by atoms with Gasteiger partial charge in [-0.25, -0.2) is 0 Å². The minimum Gasteiger partial charge on any atom is -0.330 e. The lowest BCUT2D eigenvalue weighted by molar-refractivity contribution is 0.774. The third kappa shape index (κ3) is 2.22. The predicted octanol–water partition coefficient (Wildman–Crippen LogP) is 3.16. The maximum atomic E-state index is 6.02. The summed E-state index contributed by atoms with van der Waals surface area (Å²) in [4.78, 5) is 0. The summed E-state index contributed by atoms with van der Waals surface area (Å²) in [5, 5.41) is 0.780. The molecule has 0 aliphatic rings. The van der Waals surface area contributed by atoms with Crippen LogP contribution in [0.5, 0.6) is 0 Å². The van der Waals surface area contributed by atoms with Gasteiger partial charge in [-0.1, -0.05) is 40.5 Å². The fourth-order valence-corrected chi connectivity index (χ4v) is 1.89. The second-order valence-corrected chi connectivity index (χ2v) is 4.13. The van der Waals surface area contributed by atoms with Crippen LogP contribution in [0.15, 0.2) is 22.7 Å². The van der Waals surface area contributed by atoms with E-state index in [1.165, 1.54) is 0 Å². The van der Waals surface area contributed by atoms with Gasteiger partial charge in [0.1, 0.15) is 0 Å². The van der Waals surface area contributed by atoms with Crippen LogP contribution in [0, 0.1) is 0 Å². The monoisotopic (exact) mass is 247 g/mol. The van der Waals surface area contributed by atoms with Gasteiger partial charge in [0.15, 0.2) is 0 Å². The lowest BCUT2D eigenvalue weighted by atomic mass is 10.0. The van der Waals surface area contributed by atoms with Crippen molar-refractivity contribution in [2.75, 3.05) is 6.54 Å². The first-order valence-electron chi connectivity index (χ1n) is 3.80. The first-order valence-corrected chi connectivity index (χ1v) is 4.97. The highest BCUT2D eigenvalue weighted by Crippen LogP contribution is 2.26. The van der Waals surface area contributed by atoms with Crippen LogP contribution in [0.3, 0.4) is 0 Å². The Labute approximate surface area is 86.0 Å². The van der Waals surface area contributed by atoms with Gasteiger partial charge in [-0.15, -0.1) is 0 Å². The number of hydrogen-bond acceptors (Lipinski definition) is 1. The Morgan fingerprint density at radius 3 is 2.75 bits per heavy atom. The van der Waals surface area contributed by atoms with E-state index in [4.69, 9.17) is 17.3 Å².